The lowest BCUT2D eigenvalue weighted by Gasteiger charge is -2.13. The van der Waals surface area contributed by atoms with Crippen LogP contribution in [0.5, 0.6) is 5.75 Å². The van der Waals surface area contributed by atoms with Crippen LogP contribution in [0.2, 0.25) is 0 Å². The average Bonchev–Trinajstić information content (AvgIpc) is 2.10. The Labute approximate surface area is 97.5 Å². The third-order valence-electron chi connectivity index (χ3n) is 1.72. The standard InChI is InChI=1S/C9H7BrF3NO2/c1-4(15)5-2-6(10)8(14)7(3-5)16-9(11,12)13/h2-3H,14H2,1H3. The van der Waals surface area contributed by atoms with E-state index in [0.29, 0.717) is 0 Å². The molecule has 0 saturated heterocycles. The van der Waals surface area contributed by atoms with Crippen LogP contribution in [-0.2, 0) is 0 Å². The highest BCUT2D eigenvalue weighted by Crippen LogP contribution is 2.35. The van der Waals surface area contributed by atoms with Gasteiger partial charge in [0.05, 0.1) is 5.69 Å². The molecular formula is C9H7BrF3NO2. The molecule has 0 amide bonds. The third kappa shape index (κ3) is 3.13. The molecule has 0 aliphatic heterocycles. The zero-order chi connectivity index (χ0) is 12.5. The molecule has 7 heteroatoms. The zero-order valence-electron chi connectivity index (χ0n) is 8.06. The predicted molar refractivity (Wildman–Crippen MR) is 55.2 cm³/mol. The second-order valence-electron chi connectivity index (χ2n) is 2.97. The minimum Gasteiger partial charge on any atom is -0.404 e. The van der Waals surface area contributed by atoms with E-state index in [-0.39, 0.29) is 21.5 Å². The van der Waals surface area contributed by atoms with Gasteiger partial charge in [0.15, 0.2) is 11.5 Å². The number of rotatable bonds is 2. The van der Waals surface area contributed by atoms with Gasteiger partial charge >= 0.3 is 6.36 Å². The van der Waals surface area contributed by atoms with Crippen LogP contribution >= 0.6 is 15.9 Å². The van der Waals surface area contributed by atoms with Crippen molar-refractivity contribution in [2.45, 2.75) is 13.3 Å². The van der Waals surface area contributed by atoms with Crippen molar-refractivity contribution in [2.75, 3.05) is 5.73 Å². The van der Waals surface area contributed by atoms with Gasteiger partial charge in [0.25, 0.3) is 0 Å². The molecule has 0 fully saturated rings. The molecule has 0 atom stereocenters. The summed E-state index contributed by atoms with van der Waals surface area (Å²) in [5.74, 6) is -0.972. The maximum Gasteiger partial charge on any atom is 0.573 e. The number of nitrogens with two attached hydrogens (primary N) is 1. The average molecular weight is 298 g/mol. The largest absolute Gasteiger partial charge is 0.573 e. The number of benzene rings is 1. The fraction of sp³-hybridized carbons (Fsp3) is 0.222. The first-order valence-electron chi connectivity index (χ1n) is 4.06. The Hall–Kier alpha value is -1.24. The molecule has 1 rings (SSSR count). The van der Waals surface area contributed by atoms with E-state index in [1.807, 2.05) is 0 Å². The number of ketones is 1. The van der Waals surface area contributed by atoms with E-state index in [1.165, 1.54) is 13.0 Å². The Morgan fingerprint density at radius 2 is 2.00 bits per heavy atom. The lowest BCUT2D eigenvalue weighted by atomic mass is 10.1. The van der Waals surface area contributed by atoms with E-state index in [4.69, 9.17) is 5.73 Å². The second kappa shape index (κ2) is 4.32. The van der Waals surface area contributed by atoms with Crippen LogP contribution in [-0.4, -0.2) is 12.1 Å². The summed E-state index contributed by atoms with van der Waals surface area (Å²) in [5, 5.41) is 0. The zero-order valence-corrected chi connectivity index (χ0v) is 9.65. The molecular weight excluding hydrogens is 291 g/mol. The number of halogens is 4. The van der Waals surface area contributed by atoms with Crippen molar-refractivity contribution in [2.24, 2.45) is 0 Å². The molecule has 0 radical (unpaired) electrons. The second-order valence-corrected chi connectivity index (χ2v) is 3.83. The van der Waals surface area contributed by atoms with Crippen LogP contribution in [0.3, 0.4) is 0 Å². The summed E-state index contributed by atoms with van der Waals surface area (Å²) < 4.78 is 39.9. The molecule has 0 bridgehead atoms. The van der Waals surface area contributed by atoms with Crippen molar-refractivity contribution in [1.29, 1.82) is 0 Å². The van der Waals surface area contributed by atoms with Gasteiger partial charge in [-0.2, -0.15) is 0 Å². The molecule has 0 saturated carbocycles. The lowest BCUT2D eigenvalue weighted by Crippen LogP contribution is -2.18. The van der Waals surface area contributed by atoms with E-state index in [9.17, 15) is 18.0 Å². The third-order valence-corrected chi connectivity index (χ3v) is 2.38. The molecule has 3 nitrogen and oxygen atoms in total. The number of carbonyl (C=O) groups excluding carboxylic acids is 1. The monoisotopic (exact) mass is 297 g/mol. The molecule has 1 aromatic carbocycles. The molecule has 0 unspecified atom stereocenters. The molecule has 0 aromatic heterocycles. The lowest BCUT2D eigenvalue weighted by molar-refractivity contribution is -0.274. The Morgan fingerprint density at radius 3 is 2.44 bits per heavy atom. The van der Waals surface area contributed by atoms with E-state index in [1.54, 1.807) is 0 Å². The fourth-order valence-electron chi connectivity index (χ4n) is 1.01. The first-order valence-corrected chi connectivity index (χ1v) is 4.85. The maximum absolute atomic E-state index is 12.0. The summed E-state index contributed by atoms with van der Waals surface area (Å²) in [4.78, 5) is 11.0. The quantitative estimate of drug-likeness (QED) is 0.674. The minimum absolute atomic E-state index is 0.0836. The molecule has 1 aromatic rings. The highest BCUT2D eigenvalue weighted by Gasteiger charge is 2.32. The molecule has 16 heavy (non-hydrogen) atoms. The molecule has 0 aliphatic rings. The van der Waals surface area contributed by atoms with Crippen molar-refractivity contribution in [3.8, 4) is 5.75 Å². The van der Waals surface area contributed by atoms with Gasteiger partial charge in [0, 0.05) is 10.0 Å². The summed E-state index contributed by atoms with van der Waals surface area (Å²) in [6.07, 6.45) is -4.84. The highest BCUT2D eigenvalue weighted by atomic mass is 79.9. The Kier molecular flexibility index (Phi) is 3.47. The van der Waals surface area contributed by atoms with Gasteiger partial charge in [-0.15, -0.1) is 13.2 Å². The van der Waals surface area contributed by atoms with Crippen LogP contribution in [0.15, 0.2) is 16.6 Å². The Morgan fingerprint density at radius 1 is 1.44 bits per heavy atom. The van der Waals surface area contributed by atoms with Crippen LogP contribution in [0.25, 0.3) is 0 Å². The van der Waals surface area contributed by atoms with Gasteiger partial charge in [-0.25, -0.2) is 0 Å². The summed E-state index contributed by atoms with van der Waals surface area (Å²) in [6.45, 7) is 1.23. The summed E-state index contributed by atoms with van der Waals surface area (Å²) >= 11 is 2.95. The topological polar surface area (TPSA) is 52.3 Å². The molecule has 2 N–H and O–H groups in total. The van der Waals surface area contributed by atoms with Gasteiger partial charge in [0.1, 0.15) is 0 Å². The van der Waals surface area contributed by atoms with Crippen LogP contribution in [0, 0.1) is 0 Å². The predicted octanol–water partition coefficient (Wildman–Crippen LogP) is 3.13. The Bertz CT molecular complexity index is 431. The van der Waals surface area contributed by atoms with E-state index < -0.39 is 12.1 Å². The number of anilines is 1. The van der Waals surface area contributed by atoms with Crippen molar-refractivity contribution < 1.29 is 22.7 Å². The summed E-state index contributed by atoms with van der Waals surface area (Å²) in [5.41, 5.74) is 5.25. The van der Waals surface area contributed by atoms with Gasteiger partial charge in [0.2, 0.25) is 0 Å². The molecule has 0 heterocycles. The molecule has 0 spiro atoms. The van der Waals surface area contributed by atoms with Gasteiger partial charge < -0.3 is 10.5 Å². The van der Waals surface area contributed by atoms with E-state index >= 15 is 0 Å². The first kappa shape index (κ1) is 12.8. The number of nitrogen functional groups attached to an aromatic ring is 1. The summed E-state index contributed by atoms with van der Waals surface area (Å²) in [6, 6.07) is 2.29. The maximum atomic E-state index is 12.0. The number of hydrogen-bond donors (Lipinski definition) is 1. The number of hydrogen-bond acceptors (Lipinski definition) is 3. The van der Waals surface area contributed by atoms with Gasteiger partial charge in [-0.1, -0.05) is 0 Å². The first-order chi connectivity index (χ1) is 7.20. The number of carbonyl (C=O) groups is 1. The minimum atomic E-state index is -4.84. The molecule has 0 aliphatic carbocycles. The smallest absolute Gasteiger partial charge is 0.404 e. The van der Waals surface area contributed by atoms with E-state index in [2.05, 4.69) is 20.7 Å². The number of Topliss-reactive ketones (excluding diaryl/α,β-unsaturated/α-hetero) is 1. The van der Waals surface area contributed by atoms with Crippen molar-refractivity contribution in [3.63, 3.8) is 0 Å². The highest BCUT2D eigenvalue weighted by molar-refractivity contribution is 9.10. The number of alkyl halides is 3. The van der Waals surface area contributed by atoms with E-state index in [0.717, 1.165) is 6.07 Å². The summed E-state index contributed by atoms with van der Waals surface area (Å²) in [7, 11) is 0. The normalized spacial score (nSPS) is 11.3. The van der Waals surface area contributed by atoms with Crippen LogP contribution in [0.1, 0.15) is 17.3 Å². The van der Waals surface area contributed by atoms with Crippen molar-refractivity contribution in [3.05, 3.63) is 22.2 Å². The van der Waals surface area contributed by atoms with Gasteiger partial charge in [-0.05, 0) is 35.0 Å². The SMILES string of the molecule is CC(=O)c1cc(Br)c(N)c(OC(F)(F)F)c1. The Balaban J connectivity index is 3.22. The van der Waals surface area contributed by atoms with Crippen LogP contribution in [0.4, 0.5) is 18.9 Å². The molecule has 88 valence electrons. The van der Waals surface area contributed by atoms with Crippen molar-refractivity contribution >= 4 is 27.4 Å². The number of ether oxygens (including phenoxy) is 1. The van der Waals surface area contributed by atoms with Crippen LogP contribution < -0.4 is 10.5 Å². The fourth-order valence-corrected chi connectivity index (χ4v) is 1.45. The van der Waals surface area contributed by atoms with Crippen molar-refractivity contribution in [1.82, 2.24) is 0 Å². The van der Waals surface area contributed by atoms with Gasteiger partial charge in [-0.3, -0.25) is 4.79 Å².